The highest BCUT2D eigenvalue weighted by Gasteiger charge is 2.16. The predicted molar refractivity (Wildman–Crippen MR) is 97.8 cm³/mol. The van der Waals surface area contributed by atoms with Crippen LogP contribution in [-0.4, -0.2) is 45.5 Å². The summed E-state index contributed by atoms with van der Waals surface area (Å²) in [5.74, 6) is 0. The average Bonchev–Trinajstić information content (AvgIpc) is 3.04. The number of benzene rings is 1. The standard InChI is InChI=1S/C20H27N3O/c1-3-20(24)15-22-9-7-18(8-10-22)19-12-21-23(14-19)13-17-6-4-5-16(2)11-17/h4-7,11-12,14,20,24H,3,8-10,13,15H2,1-2H3/t20-/m1/s1. The first-order valence-corrected chi connectivity index (χ1v) is 8.82. The average molecular weight is 325 g/mol. The van der Waals surface area contributed by atoms with Gasteiger partial charge in [0.1, 0.15) is 0 Å². The molecule has 1 aliphatic heterocycles. The fraction of sp³-hybridized carbons (Fsp3) is 0.450. The second-order valence-electron chi connectivity index (χ2n) is 6.72. The topological polar surface area (TPSA) is 41.3 Å². The van der Waals surface area contributed by atoms with Crippen LogP contribution in [0.15, 0.2) is 42.7 Å². The minimum Gasteiger partial charge on any atom is -0.392 e. The van der Waals surface area contributed by atoms with Gasteiger partial charge in [0.25, 0.3) is 0 Å². The van der Waals surface area contributed by atoms with Crippen LogP contribution in [0.5, 0.6) is 0 Å². The van der Waals surface area contributed by atoms with Crippen LogP contribution in [0.25, 0.3) is 5.57 Å². The van der Waals surface area contributed by atoms with E-state index in [1.807, 2.05) is 17.8 Å². The van der Waals surface area contributed by atoms with E-state index in [1.54, 1.807) is 0 Å². The van der Waals surface area contributed by atoms with Crippen molar-refractivity contribution >= 4 is 5.57 Å². The lowest BCUT2D eigenvalue weighted by molar-refractivity contribution is 0.115. The zero-order valence-corrected chi connectivity index (χ0v) is 14.7. The van der Waals surface area contributed by atoms with Gasteiger partial charge in [0.05, 0.1) is 18.8 Å². The van der Waals surface area contributed by atoms with Crippen molar-refractivity contribution in [1.29, 1.82) is 0 Å². The van der Waals surface area contributed by atoms with Gasteiger partial charge in [0.2, 0.25) is 0 Å². The third kappa shape index (κ3) is 4.34. The number of nitrogens with zero attached hydrogens (tertiary/aromatic N) is 3. The third-order valence-electron chi connectivity index (χ3n) is 4.66. The lowest BCUT2D eigenvalue weighted by Gasteiger charge is -2.27. The molecule has 128 valence electrons. The van der Waals surface area contributed by atoms with Gasteiger partial charge in [-0.25, -0.2) is 0 Å². The molecule has 1 aliphatic rings. The molecule has 0 fully saturated rings. The Kier molecular flexibility index (Phi) is 5.48. The van der Waals surface area contributed by atoms with Gasteiger partial charge in [-0.15, -0.1) is 0 Å². The molecule has 0 spiro atoms. The highest BCUT2D eigenvalue weighted by atomic mass is 16.3. The van der Waals surface area contributed by atoms with E-state index in [2.05, 4.69) is 53.5 Å². The smallest absolute Gasteiger partial charge is 0.0664 e. The Balaban J connectivity index is 1.62. The normalized spacial score (nSPS) is 16.9. The van der Waals surface area contributed by atoms with E-state index in [0.29, 0.717) is 0 Å². The van der Waals surface area contributed by atoms with Gasteiger partial charge in [-0.2, -0.15) is 5.10 Å². The summed E-state index contributed by atoms with van der Waals surface area (Å²) in [4.78, 5) is 2.31. The lowest BCUT2D eigenvalue weighted by Crippen LogP contribution is -2.35. The van der Waals surface area contributed by atoms with Crippen molar-refractivity contribution in [3.05, 3.63) is 59.4 Å². The first-order valence-electron chi connectivity index (χ1n) is 8.82. The summed E-state index contributed by atoms with van der Waals surface area (Å²) in [6, 6.07) is 8.56. The van der Waals surface area contributed by atoms with Crippen molar-refractivity contribution in [2.24, 2.45) is 0 Å². The Morgan fingerprint density at radius 1 is 1.33 bits per heavy atom. The molecule has 4 heteroatoms. The quantitative estimate of drug-likeness (QED) is 0.887. The summed E-state index contributed by atoms with van der Waals surface area (Å²) in [7, 11) is 0. The van der Waals surface area contributed by atoms with Gasteiger partial charge in [-0.05, 0) is 30.9 Å². The number of aliphatic hydroxyl groups excluding tert-OH is 1. The second-order valence-corrected chi connectivity index (χ2v) is 6.72. The first-order chi connectivity index (χ1) is 11.6. The number of aromatic nitrogens is 2. The molecule has 24 heavy (non-hydrogen) atoms. The molecule has 4 nitrogen and oxygen atoms in total. The summed E-state index contributed by atoms with van der Waals surface area (Å²) in [6.07, 6.45) is 8.02. The highest BCUT2D eigenvalue weighted by Crippen LogP contribution is 2.22. The largest absolute Gasteiger partial charge is 0.392 e. The predicted octanol–water partition coefficient (Wildman–Crippen LogP) is 3.10. The molecule has 0 bridgehead atoms. The summed E-state index contributed by atoms with van der Waals surface area (Å²) in [6.45, 7) is 7.64. The van der Waals surface area contributed by atoms with E-state index in [-0.39, 0.29) is 6.10 Å². The van der Waals surface area contributed by atoms with Crippen LogP contribution in [0.4, 0.5) is 0 Å². The fourth-order valence-electron chi connectivity index (χ4n) is 3.18. The molecular weight excluding hydrogens is 298 g/mol. The van der Waals surface area contributed by atoms with Gasteiger partial charge in [-0.3, -0.25) is 9.58 Å². The van der Waals surface area contributed by atoms with Crippen molar-refractivity contribution in [1.82, 2.24) is 14.7 Å². The van der Waals surface area contributed by atoms with Gasteiger partial charge in [0, 0.05) is 31.4 Å². The molecule has 0 saturated heterocycles. The zero-order valence-electron chi connectivity index (χ0n) is 14.7. The van der Waals surface area contributed by atoms with Crippen LogP contribution in [0.2, 0.25) is 0 Å². The van der Waals surface area contributed by atoms with Crippen molar-refractivity contribution in [3.63, 3.8) is 0 Å². The Bertz CT molecular complexity index is 704. The van der Waals surface area contributed by atoms with Gasteiger partial charge >= 0.3 is 0 Å². The van der Waals surface area contributed by atoms with Crippen molar-refractivity contribution < 1.29 is 5.11 Å². The number of β-amino-alcohol motifs (C(OH)–C–C–N with tert-alkyl or cyclic N) is 1. The minimum atomic E-state index is -0.211. The van der Waals surface area contributed by atoms with Gasteiger partial charge in [0.15, 0.2) is 0 Å². The lowest BCUT2D eigenvalue weighted by atomic mass is 10.0. The van der Waals surface area contributed by atoms with Crippen LogP contribution < -0.4 is 0 Å². The minimum absolute atomic E-state index is 0.211. The summed E-state index contributed by atoms with van der Waals surface area (Å²) in [5, 5.41) is 14.3. The van der Waals surface area contributed by atoms with Crippen LogP contribution in [0, 0.1) is 6.92 Å². The molecule has 0 unspecified atom stereocenters. The van der Waals surface area contributed by atoms with Crippen LogP contribution in [-0.2, 0) is 6.54 Å². The highest BCUT2D eigenvalue weighted by molar-refractivity contribution is 5.65. The Morgan fingerprint density at radius 2 is 2.21 bits per heavy atom. The molecule has 3 rings (SSSR count). The van der Waals surface area contributed by atoms with E-state index in [0.717, 1.165) is 39.0 Å². The second kappa shape index (κ2) is 7.77. The number of aryl methyl sites for hydroxylation is 1. The Labute approximate surface area is 144 Å². The van der Waals surface area contributed by atoms with Crippen molar-refractivity contribution in [3.8, 4) is 0 Å². The maximum atomic E-state index is 9.78. The van der Waals surface area contributed by atoms with Gasteiger partial charge in [-0.1, -0.05) is 42.8 Å². The molecule has 0 saturated carbocycles. The molecular formula is C20H27N3O. The molecule has 1 aromatic carbocycles. The van der Waals surface area contributed by atoms with Crippen molar-refractivity contribution in [2.45, 2.75) is 39.3 Å². The van der Waals surface area contributed by atoms with E-state index in [4.69, 9.17) is 0 Å². The zero-order chi connectivity index (χ0) is 16.9. The van der Waals surface area contributed by atoms with E-state index >= 15 is 0 Å². The SMILES string of the molecule is CC[C@@H](O)CN1CC=C(c2cnn(Cc3cccc(C)c3)c2)CC1. The van der Waals surface area contributed by atoms with E-state index in [9.17, 15) is 5.11 Å². The Morgan fingerprint density at radius 3 is 2.92 bits per heavy atom. The molecule has 0 aliphatic carbocycles. The fourth-order valence-corrected chi connectivity index (χ4v) is 3.18. The Hall–Kier alpha value is -1.91. The number of rotatable bonds is 6. The van der Waals surface area contributed by atoms with Crippen LogP contribution >= 0.6 is 0 Å². The van der Waals surface area contributed by atoms with Gasteiger partial charge < -0.3 is 5.11 Å². The molecule has 0 radical (unpaired) electrons. The number of hydrogen-bond donors (Lipinski definition) is 1. The third-order valence-corrected chi connectivity index (χ3v) is 4.66. The van der Waals surface area contributed by atoms with Crippen LogP contribution in [0.3, 0.4) is 0 Å². The molecule has 0 amide bonds. The number of aliphatic hydroxyl groups is 1. The van der Waals surface area contributed by atoms with E-state index in [1.165, 1.54) is 22.3 Å². The molecule has 1 atom stereocenters. The molecule has 2 heterocycles. The maximum Gasteiger partial charge on any atom is 0.0664 e. The molecule has 1 N–H and O–H groups in total. The molecule has 2 aromatic rings. The van der Waals surface area contributed by atoms with Crippen LogP contribution in [0.1, 0.15) is 36.5 Å². The summed E-state index contributed by atoms with van der Waals surface area (Å²) >= 11 is 0. The maximum absolute atomic E-state index is 9.78. The van der Waals surface area contributed by atoms with Crippen molar-refractivity contribution in [2.75, 3.05) is 19.6 Å². The monoisotopic (exact) mass is 325 g/mol. The summed E-state index contributed by atoms with van der Waals surface area (Å²) in [5.41, 5.74) is 5.15. The summed E-state index contributed by atoms with van der Waals surface area (Å²) < 4.78 is 2.01. The molecule has 1 aromatic heterocycles. The first kappa shape index (κ1) is 16.9. The number of hydrogen-bond acceptors (Lipinski definition) is 3. The van der Waals surface area contributed by atoms with E-state index < -0.39 is 0 Å².